The second-order valence-electron chi connectivity index (χ2n) is 4.52. The van der Waals surface area contributed by atoms with Crippen LogP contribution >= 0.6 is 0 Å². The Morgan fingerprint density at radius 2 is 2.22 bits per heavy atom. The Morgan fingerprint density at radius 1 is 1.44 bits per heavy atom. The van der Waals surface area contributed by atoms with Crippen LogP contribution in [0.5, 0.6) is 5.75 Å². The van der Waals surface area contributed by atoms with E-state index in [0.717, 1.165) is 36.1 Å². The van der Waals surface area contributed by atoms with E-state index in [2.05, 4.69) is 0 Å². The van der Waals surface area contributed by atoms with Gasteiger partial charge >= 0.3 is 0 Å². The van der Waals surface area contributed by atoms with E-state index in [0.29, 0.717) is 6.42 Å². The predicted octanol–water partition coefficient (Wildman–Crippen LogP) is 1.95. The van der Waals surface area contributed by atoms with E-state index in [1.54, 1.807) is 18.9 Å². The minimum atomic E-state index is -0.427. The molecule has 18 heavy (non-hydrogen) atoms. The number of ether oxygens (including phenoxy) is 1. The monoisotopic (exact) mass is 247 g/mol. The lowest BCUT2D eigenvalue weighted by atomic mass is 10.1. The van der Waals surface area contributed by atoms with E-state index in [-0.39, 0.29) is 5.91 Å². The first-order valence-corrected chi connectivity index (χ1v) is 6.14. The number of hydrogen-bond donors (Lipinski definition) is 0. The third-order valence-electron chi connectivity index (χ3n) is 3.15. The average molecular weight is 247 g/mol. The number of carbonyl (C=O) groups is 2. The van der Waals surface area contributed by atoms with Gasteiger partial charge in [0.25, 0.3) is 5.91 Å². The van der Waals surface area contributed by atoms with Gasteiger partial charge in [0.1, 0.15) is 12.0 Å². The summed E-state index contributed by atoms with van der Waals surface area (Å²) in [7, 11) is 1.76. The maximum Gasteiger partial charge on any atom is 0.267 e. The zero-order valence-electron chi connectivity index (χ0n) is 10.7. The smallest absolute Gasteiger partial charge is 0.267 e. The van der Waals surface area contributed by atoms with Gasteiger partial charge in [-0.15, -0.1) is 0 Å². The van der Waals surface area contributed by atoms with Gasteiger partial charge in [-0.05, 0) is 37.5 Å². The van der Waals surface area contributed by atoms with Crippen molar-refractivity contribution in [2.24, 2.45) is 0 Å². The molecule has 1 aromatic rings. The summed E-state index contributed by atoms with van der Waals surface area (Å²) >= 11 is 0. The number of aryl methyl sites for hydroxylation is 1. The van der Waals surface area contributed by atoms with Gasteiger partial charge in [0.05, 0.1) is 5.69 Å². The van der Waals surface area contributed by atoms with Gasteiger partial charge in [-0.3, -0.25) is 4.79 Å². The van der Waals surface area contributed by atoms with Gasteiger partial charge in [-0.2, -0.15) is 0 Å². The van der Waals surface area contributed by atoms with Crippen LogP contribution in [0, 0.1) is 0 Å². The Bertz CT molecular complexity index is 470. The minimum Gasteiger partial charge on any atom is -0.479 e. The highest BCUT2D eigenvalue weighted by atomic mass is 16.5. The summed E-state index contributed by atoms with van der Waals surface area (Å²) in [5, 5.41) is 0. The van der Waals surface area contributed by atoms with E-state index in [4.69, 9.17) is 4.74 Å². The molecule has 1 unspecified atom stereocenters. The number of nitrogens with zero attached hydrogens (tertiary/aromatic N) is 1. The van der Waals surface area contributed by atoms with Crippen LogP contribution in [0.3, 0.4) is 0 Å². The van der Waals surface area contributed by atoms with E-state index in [9.17, 15) is 9.59 Å². The van der Waals surface area contributed by atoms with E-state index < -0.39 is 6.10 Å². The maximum absolute atomic E-state index is 11.8. The fraction of sp³-hybridized carbons (Fsp3) is 0.429. The van der Waals surface area contributed by atoms with Crippen LogP contribution in [-0.2, 0) is 16.0 Å². The molecule has 0 spiro atoms. The van der Waals surface area contributed by atoms with Crippen molar-refractivity contribution in [3.63, 3.8) is 0 Å². The minimum absolute atomic E-state index is 0.0347. The topological polar surface area (TPSA) is 46.6 Å². The van der Waals surface area contributed by atoms with Crippen LogP contribution < -0.4 is 9.64 Å². The third kappa shape index (κ3) is 2.37. The molecule has 96 valence electrons. The number of benzene rings is 1. The molecule has 1 aliphatic rings. The van der Waals surface area contributed by atoms with Crippen molar-refractivity contribution in [2.45, 2.75) is 32.3 Å². The van der Waals surface area contributed by atoms with Gasteiger partial charge in [0.2, 0.25) is 0 Å². The Morgan fingerprint density at radius 3 is 2.94 bits per heavy atom. The number of carbonyl (C=O) groups excluding carboxylic acids is 2. The lowest BCUT2D eigenvalue weighted by molar-refractivity contribution is -0.125. The summed E-state index contributed by atoms with van der Waals surface area (Å²) in [5.74, 6) is 0.705. The molecule has 4 nitrogen and oxygen atoms in total. The zero-order chi connectivity index (χ0) is 13.1. The quantitative estimate of drug-likeness (QED) is 0.603. The highest BCUT2D eigenvalue weighted by molar-refractivity contribution is 5.99. The molecule has 1 amide bonds. The van der Waals surface area contributed by atoms with E-state index in [1.807, 2.05) is 18.2 Å². The Hall–Kier alpha value is -1.84. The number of fused-ring (bicyclic) bond motifs is 1. The molecule has 1 aromatic carbocycles. The van der Waals surface area contributed by atoms with Crippen molar-refractivity contribution >= 4 is 17.9 Å². The lowest BCUT2D eigenvalue weighted by Gasteiger charge is -2.30. The summed E-state index contributed by atoms with van der Waals surface area (Å²) in [4.78, 5) is 23.7. The van der Waals surface area contributed by atoms with Crippen LogP contribution in [0.25, 0.3) is 0 Å². The highest BCUT2D eigenvalue weighted by Gasteiger charge is 2.28. The second kappa shape index (κ2) is 5.21. The molecule has 0 fully saturated rings. The number of aldehydes is 1. The molecule has 0 N–H and O–H groups in total. The molecule has 1 heterocycles. The zero-order valence-corrected chi connectivity index (χ0v) is 10.7. The molecule has 0 radical (unpaired) electrons. The molecule has 1 aliphatic heterocycles. The van der Waals surface area contributed by atoms with Gasteiger partial charge < -0.3 is 14.4 Å². The van der Waals surface area contributed by atoms with Crippen molar-refractivity contribution in [3.8, 4) is 5.75 Å². The van der Waals surface area contributed by atoms with Crippen LogP contribution in [-0.4, -0.2) is 25.3 Å². The number of anilines is 1. The normalized spacial score (nSPS) is 18.2. The van der Waals surface area contributed by atoms with Crippen LogP contribution in [0.4, 0.5) is 5.69 Å². The van der Waals surface area contributed by atoms with Crippen molar-refractivity contribution < 1.29 is 14.3 Å². The fourth-order valence-electron chi connectivity index (χ4n) is 2.10. The number of unbranched alkanes of at least 4 members (excludes halogenated alkanes) is 1. The summed E-state index contributed by atoms with van der Waals surface area (Å²) in [6.07, 6.45) is 2.74. The molecule has 0 aromatic heterocycles. The number of amides is 1. The van der Waals surface area contributed by atoms with Crippen molar-refractivity contribution in [1.29, 1.82) is 0 Å². The Labute approximate surface area is 107 Å². The molecule has 1 atom stereocenters. The number of likely N-dealkylation sites (N-methyl/N-ethyl adjacent to an activating group) is 1. The predicted molar refractivity (Wildman–Crippen MR) is 68.9 cm³/mol. The van der Waals surface area contributed by atoms with Gasteiger partial charge in [0.15, 0.2) is 6.10 Å². The maximum atomic E-state index is 11.8. The molecular weight excluding hydrogens is 230 g/mol. The third-order valence-corrected chi connectivity index (χ3v) is 3.15. The summed E-state index contributed by atoms with van der Waals surface area (Å²) in [6.45, 7) is 1.75. The lowest BCUT2D eigenvalue weighted by Crippen LogP contribution is -2.42. The van der Waals surface area contributed by atoms with E-state index in [1.165, 1.54) is 0 Å². The van der Waals surface area contributed by atoms with Crippen molar-refractivity contribution in [3.05, 3.63) is 23.8 Å². The first-order valence-electron chi connectivity index (χ1n) is 6.14. The van der Waals surface area contributed by atoms with Crippen molar-refractivity contribution in [2.75, 3.05) is 11.9 Å². The van der Waals surface area contributed by atoms with Crippen molar-refractivity contribution in [1.82, 2.24) is 0 Å². The molecule has 4 heteroatoms. The first kappa shape index (κ1) is 12.6. The Balaban J connectivity index is 2.20. The summed E-state index contributed by atoms with van der Waals surface area (Å²) in [5.41, 5.74) is 1.93. The number of hydrogen-bond acceptors (Lipinski definition) is 3. The summed E-state index contributed by atoms with van der Waals surface area (Å²) < 4.78 is 5.55. The number of rotatable bonds is 4. The molecule has 0 saturated carbocycles. The average Bonchev–Trinajstić information content (AvgIpc) is 2.37. The summed E-state index contributed by atoms with van der Waals surface area (Å²) in [6, 6.07) is 5.84. The Kier molecular flexibility index (Phi) is 3.65. The van der Waals surface area contributed by atoms with E-state index >= 15 is 0 Å². The molecule has 0 bridgehead atoms. The largest absolute Gasteiger partial charge is 0.479 e. The van der Waals surface area contributed by atoms with Gasteiger partial charge in [-0.1, -0.05) is 6.07 Å². The standard InChI is InChI=1S/C14H17NO3/c1-10-14(17)15(2)12-9-11(5-3-4-8-16)6-7-13(12)18-10/h6-10H,3-5H2,1-2H3. The van der Waals surface area contributed by atoms with Crippen LogP contribution in [0.15, 0.2) is 18.2 Å². The van der Waals surface area contributed by atoms with Gasteiger partial charge in [-0.25, -0.2) is 0 Å². The van der Waals surface area contributed by atoms with Gasteiger partial charge in [0, 0.05) is 13.5 Å². The molecular formula is C14H17NO3. The van der Waals surface area contributed by atoms with Crippen LogP contribution in [0.2, 0.25) is 0 Å². The second-order valence-corrected chi connectivity index (χ2v) is 4.52. The SMILES string of the molecule is CC1Oc2ccc(CCCC=O)cc2N(C)C1=O. The molecule has 2 rings (SSSR count). The van der Waals surface area contributed by atoms with Crippen LogP contribution in [0.1, 0.15) is 25.3 Å². The molecule has 0 aliphatic carbocycles. The molecule has 0 saturated heterocycles. The highest BCUT2D eigenvalue weighted by Crippen LogP contribution is 2.34. The first-order chi connectivity index (χ1) is 8.63. The fourth-order valence-corrected chi connectivity index (χ4v) is 2.10.